The minimum absolute atomic E-state index is 0.160. The van der Waals surface area contributed by atoms with Crippen LogP contribution in [0.15, 0.2) is 53.0 Å². The van der Waals surface area contributed by atoms with Gasteiger partial charge in [-0.1, -0.05) is 0 Å². The van der Waals surface area contributed by atoms with E-state index in [0.717, 1.165) is 5.56 Å². The molecule has 0 saturated carbocycles. The lowest BCUT2D eigenvalue weighted by molar-refractivity contribution is -0.120. The molecule has 3 aromatic rings. The maximum atomic E-state index is 12.8. The molecule has 2 aromatic heterocycles. The van der Waals surface area contributed by atoms with Gasteiger partial charge < -0.3 is 14.8 Å². The van der Waals surface area contributed by atoms with Crippen LogP contribution in [0.5, 0.6) is 11.5 Å². The molecule has 9 nitrogen and oxygen atoms in total. The van der Waals surface area contributed by atoms with Crippen molar-refractivity contribution in [3.8, 4) is 22.8 Å². The number of thiazole rings is 1. The van der Waals surface area contributed by atoms with Gasteiger partial charge in [0.2, 0.25) is 15.9 Å². The normalized spacial score (nSPS) is 15.2. The Morgan fingerprint density at radius 3 is 2.64 bits per heavy atom. The van der Waals surface area contributed by atoms with Crippen LogP contribution in [0, 0.1) is 5.92 Å². The van der Waals surface area contributed by atoms with E-state index >= 15 is 0 Å². The van der Waals surface area contributed by atoms with E-state index < -0.39 is 10.0 Å². The number of ether oxygens (including phenoxy) is 2. The largest absolute Gasteiger partial charge is 0.497 e. The molecule has 1 N–H and O–H groups in total. The van der Waals surface area contributed by atoms with Crippen molar-refractivity contribution in [3.63, 3.8) is 0 Å². The molecule has 3 heterocycles. The zero-order chi connectivity index (χ0) is 23.4. The van der Waals surface area contributed by atoms with Crippen LogP contribution in [0.2, 0.25) is 0 Å². The molecule has 11 heteroatoms. The number of sulfonamides is 1. The lowest BCUT2D eigenvalue weighted by Crippen LogP contribution is -2.41. The Balaban J connectivity index is 1.39. The number of methoxy groups -OCH3 is 2. The second-order valence-corrected chi connectivity index (χ2v) is 10.3. The summed E-state index contributed by atoms with van der Waals surface area (Å²) in [5.41, 5.74) is 1.44. The van der Waals surface area contributed by atoms with E-state index in [9.17, 15) is 13.2 Å². The quantitative estimate of drug-likeness (QED) is 0.543. The molecule has 0 atom stereocenters. The third kappa shape index (κ3) is 5.00. The summed E-state index contributed by atoms with van der Waals surface area (Å²) >= 11 is 1.32. The van der Waals surface area contributed by atoms with Gasteiger partial charge in [-0.15, -0.1) is 11.3 Å². The fraction of sp³-hybridized carbons (Fsp3) is 0.318. The van der Waals surface area contributed by atoms with Crippen molar-refractivity contribution in [2.45, 2.75) is 17.7 Å². The molecule has 1 fully saturated rings. The van der Waals surface area contributed by atoms with Crippen LogP contribution in [0.1, 0.15) is 12.8 Å². The van der Waals surface area contributed by atoms with E-state index in [4.69, 9.17) is 9.47 Å². The number of aromatic nitrogens is 2. The van der Waals surface area contributed by atoms with Crippen LogP contribution < -0.4 is 14.8 Å². The second-order valence-electron chi connectivity index (χ2n) is 7.46. The number of nitrogens with one attached hydrogen (secondary N) is 1. The van der Waals surface area contributed by atoms with E-state index in [0.29, 0.717) is 35.2 Å². The van der Waals surface area contributed by atoms with Crippen LogP contribution in [-0.4, -0.2) is 55.9 Å². The topological polar surface area (TPSA) is 111 Å². The molecule has 174 valence electrons. The number of hydrogen-bond acceptors (Lipinski definition) is 8. The first kappa shape index (κ1) is 23.1. The fourth-order valence-corrected chi connectivity index (χ4v) is 5.83. The number of piperidine rings is 1. The zero-order valence-corrected chi connectivity index (χ0v) is 19.9. The van der Waals surface area contributed by atoms with E-state index in [-0.39, 0.29) is 29.8 Å². The highest BCUT2D eigenvalue weighted by Gasteiger charge is 2.32. The first-order valence-corrected chi connectivity index (χ1v) is 12.6. The Morgan fingerprint density at radius 2 is 1.97 bits per heavy atom. The van der Waals surface area contributed by atoms with Crippen LogP contribution in [-0.2, 0) is 14.8 Å². The number of rotatable bonds is 7. The van der Waals surface area contributed by atoms with Crippen LogP contribution in [0.4, 0.5) is 5.13 Å². The molecule has 0 unspecified atom stereocenters. The van der Waals surface area contributed by atoms with E-state index in [1.807, 2.05) is 11.4 Å². The molecule has 0 radical (unpaired) electrons. The zero-order valence-electron chi connectivity index (χ0n) is 18.2. The van der Waals surface area contributed by atoms with Gasteiger partial charge in [0.05, 0.1) is 19.9 Å². The smallest absolute Gasteiger partial charge is 0.244 e. The SMILES string of the molecule is COc1ccc(OC)c(-c2csc(NC(=O)C3CCN(S(=O)(=O)c4cccnc4)CC3)n2)c1. The summed E-state index contributed by atoms with van der Waals surface area (Å²) < 4.78 is 37.6. The van der Waals surface area contributed by atoms with Gasteiger partial charge in [0.1, 0.15) is 16.4 Å². The van der Waals surface area contributed by atoms with Crippen molar-refractivity contribution in [2.75, 3.05) is 32.6 Å². The average Bonchev–Trinajstić information content (AvgIpc) is 3.32. The Labute approximate surface area is 196 Å². The van der Waals surface area contributed by atoms with Gasteiger partial charge in [0, 0.05) is 42.3 Å². The number of carbonyl (C=O) groups excluding carboxylic acids is 1. The average molecular weight is 489 g/mol. The minimum atomic E-state index is -3.60. The molecule has 1 saturated heterocycles. The Morgan fingerprint density at radius 1 is 1.18 bits per heavy atom. The number of amides is 1. The molecule has 1 aromatic carbocycles. The highest BCUT2D eigenvalue weighted by Crippen LogP contribution is 2.35. The van der Waals surface area contributed by atoms with Crippen LogP contribution >= 0.6 is 11.3 Å². The molecule has 0 aliphatic carbocycles. The molecule has 1 aliphatic heterocycles. The van der Waals surface area contributed by atoms with Crippen LogP contribution in [0.25, 0.3) is 11.3 Å². The Bertz CT molecular complexity index is 1220. The van der Waals surface area contributed by atoms with E-state index in [2.05, 4.69) is 15.3 Å². The van der Waals surface area contributed by atoms with Crippen molar-refractivity contribution in [2.24, 2.45) is 5.92 Å². The maximum Gasteiger partial charge on any atom is 0.244 e. The van der Waals surface area contributed by atoms with Gasteiger partial charge in [-0.2, -0.15) is 4.31 Å². The van der Waals surface area contributed by atoms with Gasteiger partial charge in [-0.3, -0.25) is 9.78 Å². The van der Waals surface area contributed by atoms with Crippen molar-refractivity contribution < 1.29 is 22.7 Å². The summed E-state index contributed by atoms with van der Waals surface area (Å²) in [7, 11) is -0.430. The number of nitrogens with zero attached hydrogens (tertiary/aromatic N) is 3. The fourth-order valence-electron chi connectivity index (χ4n) is 3.68. The summed E-state index contributed by atoms with van der Waals surface area (Å²) in [6.45, 7) is 0.554. The maximum absolute atomic E-state index is 12.8. The predicted octanol–water partition coefficient (Wildman–Crippen LogP) is 3.26. The van der Waals surface area contributed by atoms with Crippen molar-refractivity contribution >= 4 is 32.4 Å². The minimum Gasteiger partial charge on any atom is -0.497 e. The van der Waals surface area contributed by atoms with Gasteiger partial charge in [0.15, 0.2) is 5.13 Å². The van der Waals surface area contributed by atoms with E-state index in [1.165, 1.54) is 34.1 Å². The molecule has 0 spiro atoms. The molecule has 4 rings (SSSR count). The summed E-state index contributed by atoms with van der Waals surface area (Å²) in [6.07, 6.45) is 3.75. The van der Waals surface area contributed by atoms with Crippen molar-refractivity contribution in [1.29, 1.82) is 0 Å². The van der Waals surface area contributed by atoms with Crippen molar-refractivity contribution in [1.82, 2.24) is 14.3 Å². The first-order valence-electron chi connectivity index (χ1n) is 10.3. The third-order valence-corrected chi connectivity index (χ3v) is 8.15. The molecule has 33 heavy (non-hydrogen) atoms. The number of hydrogen-bond donors (Lipinski definition) is 1. The van der Waals surface area contributed by atoms with Gasteiger partial charge >= 0.3 is 0 Å². The third-order valence-electron chi connectivity index (χ3n) is 5.51. The second kappa shape index (κ2) is 9.86. The Kier molecular flexibility index (Phi) is 6.91. The predicted molar refractivity (Wildman–Crippen MR) is 125 cm³/mol. The molecular weight excluding hydrogens is 464 g/mol. The molecule has 0 bridgehead atoms. The van der Waals surface area contributed by atoms with Gasteiger partial charge in [-0.05, 0) is 43.2 Å². The summed E-state index contributed by atoms with van der Waals surface area (Å²) in [5, 5.41) is 5.19. The summed E-state index contributed by atoms with van der Waals surface area (Å²) in [4.78, 5) is 21.4. The highest BCUT2D eigenvalue weighted by atomic mass is 32.2. The van der Waals surface area contributed by atoms with Crippen LogP contribution in [0.3, 0.4) is 0 Å². The summed E-state index contributed by atoms with van der Waals surface area (Å²) in [6, 6.07) is 8.56. The molecule has 1 aliphatic rings. The summed E-state index contributed by atoms with van der Waals surface area (Å²) in [5.74, 6) is 0.884. The number of anilines is 1. The van der Waals surface area contributed by atoms with Gasteiger partial charge in [0.25, 0.3) is 0 Å². The Hall–Kier alpha value is -3.02. The van der Waals surface area contributed by atoms with Crippen molar-refractivity contribution in [3.05, 3.63) is 48.1 Å². The number of pyridine rings is 1. The van der Waals surface area contributed by atoms with Gasteiger partial charge in [-0.25, -0.2) is 13.4 Å². The lowest BCUT2D eigenvalue weighted by Gasteiger charge is -2.30. The molecular formula is C22H24N4O5S2. The first-order chi connectivity index (χ1) is 15.9. The number of benzene rings is 1. The number of carbonyl (C=O) groups is 1. The van der Waals surface area contributed by atoms with E-state index in [1.54, 1.807) is 32.4 Å². The standard InChI is InChI=1S/C22H24N4O5S2/c1-30-16-5-6-20(31-2)18(12-16)19-14-32-22(24-19)25-21(27)15-7-10-26(11-8-15)33(28,29)17-4-3-9-23-13-17/h3-6,9,12-15H,7-8,10-11H2,1-2H3,(H,24,25,27). The highest BCUT2D eigenvalue weighted by molar-refractivity contribution is 7.89. The molecule has 1 amide bonds. The lowest BCUT2D eigenvalue weighted by atomic mass is 9.97. The monoisotopic (exact) mass is 488 g/mol.